The van der Waals surface area contributed by atoms with E-state index in [9.17, 15) is 9.59 Å². The van der Waals surface area contributed by atoms with E-state index in [0.717, 1.165) is 25.7 Å². The van der Waals surface area contributed by atoms with Gasteiger partial charge in [0.05, 0.1) is 12.5 Å². The van der Waals surface area contributed by atoms with Crippen molar-refractivity contribution < 1.29 is 14.7 Å². The van der Waals surface area contributed by atoms with Crippen LogP contribution in [0.3, 0.4) is 0 Å². The van der Waals surface area contributed by atoms with E-state index in [1.807, 2.05) is 0 Å². The van der Waals surface area contributed by atoms with Crippen molar-refractivity contribution in [2.45, 2.75) is 50.2 Å². The zero-order chi connectivity index (χ0) is 10.8. The molecule has 84 valence electrons. The van der Waals surface area contributed by atoms with E-state index in [4.69, 9.17) is 5.11 Å². The Bertz CT molecular complexity index is 280. The summed E-state index contributed by atoms with van der Waals surface area (Å²) in [6, 6.07) is -0.0843. The molecular weight excluding hydrogens is 196 g/mol. The summed E-state index contributed by atoms with van der Waals surface area (Å²) in [5.41, 5.74) is 0. The minimum Gasteiger partial charge on any atom is -0.481 e. The lowest BCUT2D eigenvalue weighted by Gasteiger charge is -2.40. The van der Waals surface area contributed by atoms with Crippen LogP contribution in [0.4, 0.5) is 0 Å². The van der Waals surface area contributed by atoms with Crippen LogP contribution in [0.1, 0.15) is 32.1 Å². The van der Waals surface area contributed by atoms with Crippen LogP contribution in [0.2, 0.25) is 0 Å². The monoisotopic (exact) mass is 212 g/mol. The fraction of sp³-hybridized carbons (Fsp3) is 0.800. The lowest BCUT2D eigenvalue weighted by atomic mass is 9.87. The van der Waals surface area contributed by atoms with Gasteiger partial charge >= 0.3 is 5.97 Å². The van der Waals surface area contributed by atoms with Crippen LogP contribution in [0.5, 0.6) is 0 Å². The van der Waals surface area contributed by atoms with Gasteiger partial charge in [-0.25, -0.2) is 0 Å². The number of rotatable bonds is 2. The average molecular weight is 212 g/mol. The molecule has 1 heterocycles. The third kappa shape index (κ3) is 2.28. The molecule has 0 aromatic rings. The summed E-state index contributed by atoms with van der Waals surface area (Å²) in [4.78, 5) is 22.1. The number of carbonyl (C=O) groups excluding carboxylic acids is 1. The van der Waals surface area contributed by atoms with E-state index >= 15 is 0 Å². The lowest BCUT2D eigenvalue weighted by molar-refractivity contribution is -0.141. The molecule has 5 nitrogen and oxygen atoms in total. The van der Waals surface area contributed by atoms with Crippen molar-refractivity contribution in [3.8, 4) is 0 Å². The standard InChI is InChI=1S/C10H16N2O3/c13-9(14)5-8-10(15)12-7-4-2-1-3-6(7)11-8/h6-8,11H,1-5H2,(H,12,15)(H,13,14)/t6-,7+,8+/m0/s1. The second-order valence-corrected chi connectivity index (χ2v) is 4.32. The number of carboxylic acids is 1. The third-order valence-corrected chi connectivity index (χ3v) is 3.20. The van der Waals surface area contributed by atoms with Gasteiger partial charge in [0.1, 0.15) is 0 Å². The van der Waals surface area contributed by atoms with E-state index in [-0.39, 0.29) is 24.4 Å². The third-order valence-electron chi connectivity index (χ3n) is 3.20. The molecule has 0 aromatic heterocycles. The smallest absolute Gasteiger partial charge is 0.305 e. The van der Waals surface area contributed by atoms with Crippen molar-refractivity contribution in [2.75, 3.05) is 0 Å². The van der Waals surface area contributed by atoms with E-state index in [1.165, 1.54) is 0 Å². The van der Waals surface area contributed by atoms with Crippen LogP contribution < -0.4 is 10.6 Å². The van der Waals surface area contributed by atoms with Gasteiger partial charge in [-0.1, -0.05) is 12.8 Å². The predicted molar refractivity (Wildman–Crippen MR) is 53.4 cm³/mol. The molecule has 3 N–H and O–H groups in total. The van der Waals surface area contributed by atoms with Crippen molar-refractivity contribution in [1.82, 2.24) is 10.6 Å². The van der Waals surface area contributed by atoms with Gasteiger partial charge in [0.2, 0.25) is 5.91 Å². The molecule has 1 amide bonds. The molecule has 5 heteroatoms. The molecule has 0 bridgehead atoms. The maximum atomic E-state index is 11.5. The molecule has 1 saturated carbocycles. The molecule has 1 aliphatic heterocycles. The highest BCUT2D eigenvalue weighted by atomic mass is 16.4. The van der Waals surface area contributed by atoms with Gasteiger partial charge in [0.15, 0.2) is 0 Å². The second-order valence-electron chi connectivity index (χ2n) is 4.32. The number of hydrogen-bond acceptors (Lipinski definition) is 3. The lowest BCUT2D eigenvalue weighted by Crippen LogP contribution is -2.64. The van der Waals surface area contributed by atoms with E-state index in [1.54, 1.807) is 0 Å². The molecule has 2 aliphatic rings. The molecule has 0 aromatic carbocycles. The first kappa shape index (κ1) is 10.4. The minimum absolute atomic E-state index is 0.130. The highest BCUT2D eigenvalue weighted by molar-refractivity contribution is 5.87. The van der Waals surface area contributed by atoms with Crippen molar-refractivity contribution in [2.24, 2.45) is 0 Å². The number of fused-ring (bicyclic) bond motifs is 1. The minimum atomic E-state index is -0.933. The predicted octanol–water partition coefficient (Wildman–Crippen LogP) is -0.140. The van der Waals surface area contributed by atoms with Crippen LogP contribution in [-0.4, -0.2) is 35.1 Å². The fourth-order valence-corrected chi connectivity index (χ4v) is 2.45. The average Bonchev–Trinajstić information content (AvgIpc) is 2.18. The van der Waals surface area contributed by atoms with Crippen molar-refractivity contribution >= 4 is 11.9 Å². The number of amides is 1. The maximum Gasteiger partial charge on any atom is 0.305 e. The number of hydrogen-bond donors (Lipinski definition) is 3. The molecule has 0 radical (unpaired) electrons. The quantitative estimate of drug-likeness (QED) is 0.595. The Balaban J connectivity index is 1.98. The van der Waals surface area contributed by atoms with Crippen molar-refractivity contribution in [1.29, 1.82) is 0 Å². The Morgan fingerprint density at radius 2 is 2.00 bits per heavy atom. The summed E-state index contributed by atoms with van der Waals surface area (Å²) in [6.45, 7) is 0. The normalized spacial score (nSPS) is 35.5. The number of piperazine rings is 1. The van der Waals surface area contributed by atoms with Crippen molar-refractivity contribution in [3.63, 3.8) is 0 Å². The summed E-state index contributed by atoms with van der Waals surface area (Å²) in [7, 11) is 0. The van der Waals surface area contributed by atoms with E-state index in [0.29, 0.717) is 0 Å². The molecular formula is C10H16N2O3. The topological polar surface area (TPSA) is 78.4 Å². The van der Waals surface area contributed by atoms with Gasteiger partial charge in [-0.05, 0) is 12.8 Å². The zero-order valence-corrected chi connectivity index (χ0v) is 8.53. The van der Waals surface area contributed by atoms with Crippen LogP contribution in [0, 0.1) is 0 Å². The van der Waals surface area contributed by atoms with Gasteiger partial charge in [0.25, 0.3) is 0 Å². The molecule has 2 fully saturated rings. The van der Waals surface area contributed by atoms with E-state index in [2.05, 4.69) is 10.6 Å². The maximum absolute atomic E-state index is 11.5. The zero-order valence-electron chi connectivity index (χ0n) is 8.53. The molecule has 15 heavy (non-hydrogen) atoms. The summed E-state index contributed by atoms with van der Waals surface area (Å²) < 4.78 is 0. The first-order valence-electron chi connectivity index (χ1n) is 5.45. The largest absolute Gasteiger partial charge is 0.481 e. The molecule has 1 saturated heterocycles. The summed E-state index contributed by atoms with van der Waals surface area (Å²) in [5.74, 6) is -1.10. The van der Waals surface area contributed by atoms with Gasteiger partial charge in [-0.15, -0.1) is 0 Å². The Hall–Kier alpha value is -1.10. The van der Waals surface area contributed by atoms with Gasteiger partial charge < -0.3 is 15.7 Å². The molecule has 0 unspecified atom stereocenters. The van der Waals surface area contributed by atoms with Crippen LogP contribution in [0.25, 0.3) is 0 Å². The Kier molecular flexibility index (Phi) is 2.90. The van der Waals surface area contributed by atoms with Gasteiger partial charge in [-0.2, -0.15) is 0 Å². The molecule has 1 aliphatic carbocycles. The first-order chi connectivity index (χ1) is 7.16. The summed E-state index contributed by atoms with van der Waals surface area (Å²) >= 11 is 0. The fourth-order valence-electron chi connectivity index (χ4n) is 2.45. The Morgan fingerprint density at radius 1 is 1.33 bits per heavy atom. The summed E-state index contributed by atoms with van der Waals surface area (Å²) in [5, 5.41) is 14.7. The van der Waals surface area contributed by atoms with Crippen LogP contribution in [0.15, 0.2) is 0 Å². The molecule has 0 spiro atoms. The number of nitrogens with one attached hydrogen (secondary N) is 2. The molecule has 2 rings (SSSR count). The summed E-state index contributed by atoms with van der Waals surface area (Å²) in [6.07, 6.45) is 4.20. The van der Waals surface area contributed by atoms with E-state index < -0.39 is 12.0 Å². The number of aliphatic carboxylic acids is 1. The Morgan fingerprint density at radius 3 is 2.67 bits per heavy atom. The molecule has 3 atom stereocenters. The Labute approximate surface area is 88.2 Å². The number of carboxylic acid groups (broad SMARTS) is 1. The highest BCUT2D eigenvalue weighted by Gasteiger charge is 2.36. The second kappa shape index (κ2) is 4.18. The number of carbonyl (C=O) groups is 2. The SMILES string of the molecule is O=C(O)C[C@H]1N[C@H]2CCCC[C@H]2NC1=O. The van der Waals surface area contributed by atoms with Crippen LogP contribution in [-0.2, 0) is 9.59 Å². The first-order valence-corrected chi connectivity index (χ1v) is 5.45. The van der Waals surface area contributed by atoms with Crippen molar-refractivity contribution in [3.05, 3.63) is 0 Å². The van der Waals surface area contributed by atoms with Gasteiger partial charge in [0, 0.05) is 12.1 Å². The van der Waals surface area contributed by atoms with Crippen LogP contribution >= 0.6 is 0 Å². The van der Waals surface area contributed by atoms with Gasteiger partial charge in [-0.3, -0.25) is 9.59 Å². The highest BCUT2D eigenvalue weighted by Crippen LogP contribution is 2.22.